The van der Waals surface area contributed by atoms with Crippen LogP contribution in [0.1, 0.15) is 43.2 Å². The van der Waals surface area contributed by atoms with E-state index >= 15 is 0 Å². The van der Waals surface area contributed by atoms with Gasteiger partial charge in [-0.25, -0.2) is 0 Å². The third-order valence-corrected chi connectivity index (χ3v) is 8.52. The predicted molar refractivity (Wildman–Crippen MR) is 172 cm³/mol. The first-order valence-corrected chi connectivity index (χ1v) is 14.1. The van der Waals surface area contributed by atoms with E-state index in [-0.39, 0.29) is 12.4 Å². The Morgan fingerprint density at radius 2 is 1.38 bits per heavy atom. The summed E-state index contributed by atoms with van der Waals surface area (Å²) < 4.78 is 0. The Bertz CT molecular complexity index is 1750. The van der Waals surface area contributed by atoms with Gasteiger partial charge in [0.05, 0.1) is 11.4 Å². The molecule has 0 radical (unpaired) electrons. The van der Waals surface area contributed by atoms with Gasteiger partial charge < -0.3 is 9.62 Å². The van der Waals surface area contributed by atoms with Gasteiger partial charge in [0.1, 0.15) is 0 Å². The molecule has 2 heterocycles. The molecule has 0 amide bonds. The molecule has 4 nitrogen and oxygen atoms in total. The van der Waals surface area contributed by atoms with Crippen LogP contribution in [0.25, 0.3) is 33.2 Å². The van der Waals surface area contributed by atoms with Crippen LogP contribution in [0.4, 0.5) is 11.4 Å². The molecular weight excluding hydrogens is 487 g/mol. The number of aryl methyl sites for hydroxylation is 3. The third-order valence-electron chi connectivity index (χ3n) is 8.52. The van der Waals surface area contributed by atoms with Gasteiger partial charge in [0.25, 0.3) is 0 Å². The molecule has 0 atom stereocenters. The summed E-state index contributed by atoms with van der Waals surface area (Å²) in [7, 11) is 4.40. The molecule has 0 unspecified atom stereocenters. The largest absolute Gasteiger partial charge is 0.411 e. The Morgan fingerprint density at radius 3 is 2.10 bits per heavy atom. The minimum atomic E-state index is 0.0131. The second-order valence-electron chi connectivity index (χ2n) is 12.3. The summed E-state index contributed by atoms with van der Waals surface area (Å²) in [5, 5.41) is 11.8. The molecule has 5 aromatic rings. The number of rotatable bonds is 3. The minimum Gasteiger partial charge on any atom is -0.393 e. The van der Waals surface area contributed by atoms with Crippen LogP contribution in [0, 0.1) is 20.8 Å². The van der Waals surface area contributed by atoms with Crippen molar-refractivity contribution < 1.29 is 0 Å². The summed E-state index contributed by atoms with van der Waals surface area (Å²) in [5.41, 5.74) is 13.0. The molecule has 0 aliphatic carbocycles. The number of hydrogen-bond donors (Lipinski definition) is 0. The Hall–Kier alpha value is -4.12. The maximum Gasteiger partial charge on any atom is 0.411 e. The van der Waals surface area contributed by atoms with E-state index < -0.39 is 0 Å². The second-order valence-corrected chi connectivity index (χ2v) is 12.3. The van der Waals surface area contributed by atoms with Crippen molar-refractivity contribution in [1.29, 1.82) is 0 Å². The van der Waals surface area contributed by atoms with Crippen LogP contribution in [0.3, 0.4) is 0 Å². The summed E-state index contributed by atoms with van der Waals surface area (Å²) in [6.45, 7) is 13.5. The van der Waals surface area contributed by atoms with E-state index in [0.717, 1.165) is 28.1 Å². The Kier molecular flexibility index (Phi) is 6.21. The highest BCUT2D eigenvalue weighted by Gasteiger charge is 2.39. The summed E-state index contributed by atoms with van der Waals surface area (Å²) >= 11 is 0. The van der Waals surface area contributed by atoms with Gasteiger partial charge in [-0.2, -0.15) is 10.2 Å². The van der Waals surface area contributed by atoms with E-state index in [0.29, 0.717) is 0 Å². The van der Waals surface area contributed by atoms with Crippen LogP contribution >= 0.6 is 0 Å². The van der Waals surface area contributed by atoms with Crippen LogP contribution in [0.2, 0.25) is 0 Å². The Morgan fingerprint density at radius 1 is 0.675 bits per heavy atom. The Balaban J connectivity index is 1.44. The minimum absolute atomic E-state index is 0.0131. The topological polar surface area (TPSA) is 32.3 Å². The smallest absolute Gasteiger partial charge is 0.393 e. The Labute approximate surface area is 238 Å². The van der Waals surface area contributed by atoms with E-state index in [2.05, 4.69) is 154 Å². The highest BCUT2D eigenvalue weighted by Crippen LogP contribution is 2.41. The van der Waals surface area contributed by atoms with E-state index in [1.165, 1.54) is 44.3 Å². The highest BCUT2D eigenvalue weighted by atomic mass is 15.3. The van der Waals surface area contributed by atoms with Crippen molar-refractivity contribution in [1.82, 2.24) is 10.2 Å². The van der Waals surface area contributed by atoms with Crippen molar-refractivity contribution >= 4 is 34.6 Å². The number of nitrogens with zero attached hydrogens (tertiary/aromatic N) is 4. The number of anilines is 2. The first-order valence-electron chi connectivity index (χ1n) is 14.1. The fourth-order valence-electron chi connectivity index (χ4n) is 6.38. The summed E-state index contributed by atoms with van der Waals surface area (Å²) in [6.07, 6.45) is 0. The zero-order valence-electron chi connectivity index (χ0n) is 24.9. The molecule has 0 saturated carbocycles. The molecule has 200 valence electrons. The second kappa shape index (κ2) is 9.51. The molecule has 0 N–H and O–H groups in total. The van der Waals surface area contributed by atoms with Crippen molar-refractivity contribution in [3.8, 4) is 22.4 Å². The van der Waals surface area contributed by atoms with Gasteiger partial charge in [0.2, 0.25) is 0 Å². The average molecular weight is 525 g/mol. The van der Waals surface area contributed by atoms with Gasteiger partial charge in [0, 0.05) is 22.5 Å². The SMILES string of the molecule is Cc1cccc(C)c1B1N(C)c2ccc(-c3cc(-c4cc(C(C)(C)C)c5ccccc5c4)nnc3C)cc2N1C. The fraction of sp³-hybridized carbons (Fsp3) is 0.257. The van der Waals surface area contributed by atoms with Crippen molar-refractivity contribution in [2.24, 2.45) is 0 Å². The lowest BCUT2D eigenvalue weighted by Crippen LogP contribution is -2.55. The molecular formula is C35H37BN4. The number of aromatic nitrogens is 2. The van der Waals surface area contributed by atoms with E-state index in [1.807, 2.05) is 0 Å². The molecule has 1 aliphatic heterocycles. The molecule has 0 bridgehead atoms. The normalized spacial score (nSPS) is 13.3. The average Bonchev–Trinajstić information content (AvgIpc) is 3.17. The first kappa shape index (κ1) is 26.1. The summed E-state index contributed by atoms with van der Waals surface area (Å²) in [5.74, 6) is 0. The molecule has 1 aromatic heterocycles. The van der Waals surface area contributed by atoms with E-state index in [4.69, 9.17) is 0 Å². The van der Waals surface area contributed by atoms with Gasteiger partial charge in [-0.1, -0.05) is 80.4 Å². The number of fused-ring (bicyclic) bond motifs is 2. The van der Waals surface area contributed by atoms with Crippen LogP contribution < -0.4 is 15.1 Å². The predicted octanol–water partition coefficient (Wildman–Crippen LogP) is 7.47. The molecule has 4 aromatic carbocycles. The number of hydrogen-bond acceptors (Lipinski definition) is 4. The monoisotopic (exact) mass is 524 g/mol. The van der Waals surface area contributed by atoms with Crippen molar-refractivity contribution in [2.75, 3.05) is 23.7 Å². The molecule has 1 aliphatic rings. The lowest BCUT2D eigenvalue weighted by molar-refractivity contribution is 0.596. The zero-order valence-corrected chi connectivity index (χ0v) is 24.9. The molecule has 0 fully saturated rings. The third kappa shape index (κ3) is 4.25. The van der Waals surface area contributed by atoms with Gasteiger partial charge in [-0.05, 0) is 98.0 Å². The molecule has 6 rings (SSSR count). The van der Waals surface area contributed by atoms with Gasteiger partial charge >= 0.3 is 6.98 Å². The zero-order chi connectivity index (χ0) is 28.3. The highest BCUT2D eigenvalue weighted by molar-refractivity contribution is 6.82. The summed E-state index contributed by atoms with van der Waals surface area (Å²) in [4.78, 5) is 4.79. The fourth-order valence-corrected chi connectivity index (χ4v) is 6.38. The lowest BCUT2D eigenvalue weighted by Gasteiger charge is -2.26. The van der Waals surface area contributed by atoms with Crippen LogP contribution in [0.15, 0.2) is 78.9 Å². The van der Waals surface area contributed by atoms with Crippen molar-refractivity contribution in [3.63, 3.8) is 0 Å². The van der Waals surface area contributed by atoms with Crippen molar-refractivity contribution in [3.05, 3.63) is 101 Å². The van der Waals surface area contributed by atoms with E-state index in [9.17, 15) is 0 Å². The van der Waals surface area contributed by atoms with Gasteiger partial charge in [-0.3, -0.25) is 0 Å². The van der Waals surface area contributed by atoms with Crippen LogP contribution in [0.5, 0.6) is 0 Å². The van der Waals surface area contributed by atoms with E-state index in [1.54, 1.807) is 0 Å². The molecule has 0 spiro atoms. The summed E-state index contributed by atoms with van der Waals surface area (Å²) in [6, 6.07) is 28.7. The van der Waals surface area contributed by atoms with Crippen LogP contribution in [-0.2, 0) is 5.41 Å². The molecule has 0 saturated heterocycles. The standard InChI is InChI=1S/C35H37BN4/c1-22-12-11-13-23(2)34(22)36-39(7)32-17-16-26(20-33(32)40(36)8)29-21-31(38-37-24(29)3)27-18-25-14-9-10-15-28(25)30(19-27)35(4,5)6/h9-21H,1-8H3. The van der Waals surface area contributed by atoms with Crippen molar-refractivity contribution in [2.45, 2.75) is 47.0 Å². The molecule has 5 heteroatoms. The van der Waals surface area contributed by atoms with Gasteiger partial charge in [0.15, 0.2) is 0 Å². The maximum absolute atomic E-state index is 4.67. The van der Waals surface area contributed by atoms with Crippen LogP contribution in [-0.4, -0.2) is 31.3 Å². The maximum atomic E-state index is 4.67. The van der Waals surface area contributed by atoms with Gasteiger partial charge in [-0.15, -0.1) is 0 Å². The quantitative estimate of drug-likeness (QED) is 0.229. The number of benzene rings is 4. The first-order chi connectivity index (χ1) is 19.0. The lowest BCUT2D eigenvalue weighted by atomic mass is 9.62. The molecule has 40 heavy (non-hydrogen) atoms.